The normalized spacial score (nSPS) is 59.0. The lowest BCUT2D eigenvalue weighted by Gasteiger charge is -2.69. The van der Waals surface area contributed by atoms with Crippen LogP contribution in [0.2, 0.25) is 0 Å². The van der Waals surface area contributed by atoms with Crippen molar-refractivity contribution < 1.29 is 19.1 Å². The highest BCUT2D eigenvalue weighted by Crippen LogP contribution is 2.77. The van der Waals surface area contributed by atoms with Crippen molar-refractivity contribution in [2.45, 2.75) is 105 Å². The Bertz CT molecular complexity index is 1030. The van der Waals surface area contributed by atoms with E-state index >= 15 is 0 Å². The van der Waals surface area contributed by atoms with E-state index in [1.54, 1.807) is 0 Å². The fraction of sp³-hybridized carbons (Fsp3) is 0.867. The molecule has 0 radical (unpaired) electrons. The Morgan fingerprint density at radius 2 is 1.62 bits per heavy atom. The molecule has 3 saturated heterocycles. The number of rotatable bonds is 1. The summed E-state index contributed by atoms with van der Waals surface area (Å²) in [4.78, 5) is 26.7. The first-order valence-electron chi connectivity index (χ1n) is 14.1. The van der Waals surface area contributed by atoms with Gasteiger partial charge < -0.3 is 9.47 Å². The Balaban J connectivity index is 1.35. The summed E-state index contributed by atoms with van der Waals surface area (Å²) < 4.78 is 11.9. The maximum absolute atomic E-state index is 13.7. The van der Waals surface area contributed by atoms with Crippen LogP contribution >= 0.6 is 0 Å². The molecule has 1 spiro atoms. The van der Waals surface area contributed by atoms with Gasteiger partial charge in [0.25, 0.3) is 0 Å². The van der Waals surface area contributed by atoms with Gasteiger partial charge in [-0.1, -0.05) is 46.3 Å². The topological polar surface area (TPSA) is 52.6 Å². The molecule has 3 heterocycles. The molecule has 11 atom stereocenters. The Morgan fingerprint density at radius 1 is 0.882 bits per heavy atom. The first-order valence-corrected chi connectivity index (χ1v) is 14.1. The van der Waals surface area contributed by atoms with E-state index in [1.807, 2.05) is 6.92 Å². The van der Waals surface area contributed by atoms with E-state index in [-0.39, 0.29) is 40.9 Å². The highest BCUT2D eigenvalue weighted by Gasteiger charge is 2.79. The van der Waals surface area contributed by atoms with Crippen LogP contribution in [-0.4, -0.2) is 24.1 Å². The molecule has 5 aliphatic carbocycles. The lowest BCUT2D eigenvalue weighted by molar-refractivity contribution is -0.227. The molecule has 0 aromatic carbocycles. The van der Waals surface area contributed by atoms with Crippen molar-refractivity contribution in [3.63, 3.8) is 0 Å². The summed E-state index contributed by atoms with van der Waals surface area (Å²) in [6.07, 6.45) is 10.8. The van der Waals surface area contributed by atoms with Crippen LogP contribution in [-0.2, 0) is 19.1 Å². The summed E-state index contributed by atoms with van der Waals surface area (Å²) in [5.74, 6) is 2.55. The SMILES string of the molecule is CC(C)C1CCC2C1(C)CCC1(C)C3CCC4C5(CC6OC(=O)C4(C)C6OC5=O)C3=CCC21C. The average Bonchev–Trinajstić information content (AvgIpc) is 3.23. The third-order valence-electron chi connectivity index (χ3n) is 13.7. The van der Waals surface area contributed by atoms with Crippen LogP contribution in [0, 0.1) is 56.7 Å². The molecule has 186 valence electrons. The number of carbonyl (C=O) groups excluding carboxylic acids is 2. The smallest absolute Gasteiger partial charge is 0.317 e. The van der Waals surface area contributed by atoms with Crippen LogP contribution < -0.4 is 0 Å². The summed E-state index contributed by atoms with van der Waals surface area (Å²) >= 11 is 0. The number of ether oxygens (including phenoxy) is 2. The summed E-state index contributed by atoms with van der Waals surface area (Å²) in [5.41, 5.74) is 0.884. The molecule has 34 heavy (non-hydrogen) atoms. The Morgan fingerprint density at radius 3 is 2.35 bits per heavy atom. The molecule has 0 amide bonds. The van der Waals surface area contributed by atoms with E-state index in [4.69, 9.17) is 9.47 Å². The van der Waals surface area contributed by atoms with Gasteiger partial charge in [-0.25, -0.2) is 0 Å². The van der Waals surface area contributed by atoms with Crippen molar-refractivity contribution in [2.75, 3.05) is 0 Å². The monoisotopic (exact) mass is 466 g/mol. The molecule has 4 bridgehead atoms. The summed E-state index contributed by atoms with van der Waals surface area (Å²) in [7, 11) is 0. The van der Waals surface area contributed by atoms with Gasteiger partial charge in [-0.2, -0.15) is 0 Å². The molecule has 0 N–H and O–H groups in total. The number of fused-ring (bicyclic) bond motifs is 6. The van der Waals surface area contributed by atoms with Crippen molar-refractivity contribution in [1.29, 1.82) is 0 Å². The third kappa shape index (κ3) is 2.02. The second-order valence-electron chi connectivity index (χ2n) is 14.6. The van der Waals surface area contributed by atoms with Gasteiger partial charge in [0.2, 0.25) is 0 Å². The van der Waals surface area contributed by atoms with E-state index in [1.165, 1.54) is 31.3 Å². The number of carbonyl (C=O) groups is 2. The highest BCUT2D eigenvalue weighted by molar-refractivity contribution is 5.91. The van der Waals surface area contributed by atoms with E-state index < -0.39 is 10.8 Å². The van der Waals surface area contributed by atoms with Crippen molar-refractivity contribution in [3.05, 3.63) is 11.6 Å². The van der Waals surface area contributed by atoms with E-state index in [2.05, 4.69) is 40.7 Å². The van der Waals surface area contributed by atoms with E-state index in [0.29, 0.717) is 17.8 Å². The van der Waals surface area contributed by atoms with Gasteiger partial charge in [0.15, 0.2) is 6.10 Å². The van der Waals surface area contributed by atoms with Crippen molar-refractivity contribution in [2.24, 2.45) is 56.7 Å². The molecule has 0 aromatic rings. The molecule has 7 fully saturated rings. The highest BCUT2D eigenvalue weighted by atomic mass is 16.6. The Labute approximate surface area is 204 Å². The quantitative estimate of drug-likeness (QED) is 0.347. The van der Waals surface area contributed by atoms with Gasteiger partial charge in [-0.05, 0) is 97.7 Å². The lowest BCUT2D eigenvalue weighted by Crippen LogP contribution is -2.70. The minimum absolute atomic E-state index is 0.0265. The van der Waals surface area contributed by atoms with Crippen molar-refractivity contribution >= 4 is 11.9 Å². The zero-order valence-corrected chi connectivity index (χ0v) is 21.9. The fourth-order valence-corrected chi connectivity index (χ4v) is 11.9. The first-order chi connectivity index (χ1) is 15.9. The average molecular weight is 467 g/mol. The van der Waals surface area contributed by atoms with Crippen LogP contribution in [0.3, 0.4) is 0 Å². The molecule has 3 aliphatic heterocycles. The summed E-state index contributed by atoms with van der Waals surface area (Å²) in [6, 6.07) is 0. The number of allylic oxidation sites excluding steroid dienone is 1. The van der Waals surface area contributed by atoms with Gasteiger partial charge in [0, 0.05) is 6.42 Å². The van der Waals surface area contributed by atoms with Crippen LogP contribution in [0.5, 0.6) is 0 Å². The second-order valence-corrected chi connectivity index (χ2v) is 14.6. The van der Waals surface area contributed by atoms with Crippen molar-refractivity contribution in [1.82, 2.24) is 0 Å². The van der Waals surface area contributed by atoms with Gasteiger partial charge >= 0.3 is 11.9 Å². The standard InChI is InChI=1S/C30H42O4/c1-16(2)17-7-9-21-26(17,3)13-14-27(4)18-8-10-22-29(6)23-20(33-24(29)31)15-30(22,25(32)34-23)19(18)11-12-28(21,27)5/h11,16-18,20-23H,7-10,12-15H2,1-6H3. The zero-order valence-electron chi connectivity index (χ0n) is 21.9. The predicted octanol–water partition coefficient (Wildman–Crippen LogP) is 6.08. The van der Waals surface area contributed by atoms with Gasteiger partial charge in [0.1, 0.15) is 11.5 Å². The maximum Gasteiger partial charge on any atom is 0.317 e. The van der Waals surface area contributed by atoms with Gasteiger partial charge in [0.05, 0.1) is 5.41 Å². The molecule has 8 aliphatic rings. The minimum atomic E-state index is -0.675. The Hall–Kier alpha value is -1.32. The first kappa shape index (κ1) is 21.9. The lowest BCUT2D eigenvalue weighted by atomic mass is 9.35. The van der Waals surface area contributed by atoms with Crippen LogP contribution in [0.4, 0.5) is 0 Å². The number of hydrogen-bond donors (Lipinski definition) is 0. The number of esters is 2. The summed E-state index contributed by atoms with van der Waals surface area (Å²) in [5, 5.41) is 0. The minimum Gasteiger partial charge on any atom is -0.458 e. The molecular formula is C30H42O4. The summed E-state index contributed by atoms with van der Waals surface area (Å²) in [6.45, 7) is 14.7. The molecule has 4 nitrogen and oxygen atoms in total. The van der Waals surface area contributed by atoms with Crippen LogP contribution in [0.1, 0.15) is 92.9 Å². The third-order valence-corrected chi connectivity index (χ3v) is 13.7. The molecule has 8 rings (SSSR count). The number of hydrogen-bond acceptors (Lipinski definition) is 4. The van der Waals surface area contributed by atoms with Gasteiger partial charge in [-0.3, -0.25) is 9.59 Å². The van der Waals surface area contributed by atoms with Gasteiger partial charge in [-0.15, -0.1) is 0 Å². The van der Waals surface area contributed by atoms with Crippen molar-refractivity contribution in [3.8, 4) is 0 Å². The molecular weight excluding hydrogens is 424 g/mol. The molecule has 4 heteroatoms. The molecule has 11 unspecified atom stereocenters. The van der Waals surface area contributed by atoms with E-state index in [0.717, 1.165) is 37.0 Å². The molecule has 0 aromatic heterocycles. The largest absolute Gasteiger partial charge is 0.458 e. The second kappa shape index (κ2) is 6.14. The predicted molar refractivity (Wildman–Crippen MR) is 128 cm³/mol. The fourth-order valence-electron chi connectivity index (χ4n) is 11.9. The van der Waals surface area contributed by atoms with Crippen LogP contribution in [0.25, 0.3) is 0 Å². The Kier molecular flexibility index (Phi) is 3.96. The van der Waals surface area contributed by atoms with Crippen LogP contribution in [0.15, 0.2) is 11.6 Å². The zero-order chi connectivity index (χ0) is 24.1. The maximum atomic E-state index is 13.7. The molecule has 4 saturated carbocycles. The van der Waals surface area contributed by atoms with E-state index in [9.17, 15) is 9.59 Å².